The van der Waals surface area contributed by atoms with Crippen LogP contribution < -0.4 is 0 Å². The lowest BCUT2D eigenvalue weighted by atomic mass is 9.75. The van der Waals surface area contributed by atoms with Crippen molar-refractivity contribution in [1.29, 1.82) is 0 Å². The molecule has 0 atom stereocenters. The summed E-state index contributed by atoms with van der Waals surface area (Å²) in [5.74, 6) is 0.451. The SMILES string of the molecule is CC(C)(C)C1c2cc(Br)ccc2-c2ccc(Br)cc21. The summed E-state index contributed by atoms with van der Waals surface area (Å²) in [6, 6.07) is 13.3. The second-order valence-corrected chi connectivity index (χ2v) is 8.09. The van der Waals surface area contributed by atoms with E-state index in [1.165, 1.54) is 22.3 Å². The highest BCUT2D eigenvalue weighted by Gasteiger charge is 2.36. The number of benzene rings is 2. The van der Waals surface area contributed by atoms with Crippen molar-refractivity contribution in [3.8, 4) is 11.1 Å². The van der Waals surface area contributed by atoms with Gasteiger partial charge in [-0.05, 0) is 51.9 Å². The molecule has 3 rings (SSSR count). The van der Waals surface area contributed by atoms with Gasteiger partial charge in [-0.2, -0.15) is 0 Å². The Kier molecular flexibility index (Phi) is 3.14. The zero-order chi connectivity index (χ0) is 13.8. The standard InChI is InChI=1S/C17H16Br2/c1-17(2,3)16-14-8-10(18)4-6-12(14)13-7-5-11(19)9-15(13)16/h4-9,16H,1-3H3. The average molecular weight is 380 g/mol. The molecule has 19 heavy (non-hydrogen) atoms. The maximum atomic E-state index is 3.61. The van der Waals surface area contributed by atoms with Crippen LogP contribution in [0.1, 0.15) is 37.8 Å². The van der Waals surface area contributed by atoms with Gasteiger partial charge in [0.25, 0.3) is 0 Å². The fraction of sp³-hybridized carbons (Fsp3) is 0.294. The highest BCUT2D eigenvalue weighted by Crippen LogP contribution is 2.53. The van der Waals surface area contributed by atoms with Gasteiger partial charge in [0.1, 0.15) is 0 Å². The molecule has 0 spiro atoms. The Labute approximate surface area is 131 Å². The molecule has 0 N–H and O–H groups in total. The van der Waals surface area contributed by atoms with E-state index in [4.69, 9.17) is 0 Å². The van der Waals surface area contributed by atoms with Crippen LogP contribution in [0.5, 0.6) is 0 Å². The summed E-state index contributed by atoms with van der Waals surface area (Å²) in [4.78, 5) is 0. The molecular weight excluding hydrogens is 364 g/mol. The van der Waals surface area contributed by atoms with Crippen molar-refractivity contribution in [3.05, 3.63) is 56.5 Å². The normalized spacial score (nSPS) is 14.4. The Morgan fingerprint density at radius 1 is 0.789 bits per heavy atom. The van der Waals surface area contributed by atoms with Crippen molar-refractivity contribution >= 4 is 31.9 Å². The first-order valence-electron chi connectivity index (χ1n) is 6.47. The molecule has 2 aromatic carbocycles. The maximum Gasteiger partial charge on any atom is 0.0178 e. The third-order valence-corrected chi connectivity index (χ3v) is 4.79. The summed E-state index contributed by atoms with van der Waals surface area (Å²) in [5, 5.41) is 0. The fourth-order valence-corrected chi connectivity index (χ4v) is 3.89. The minimum absolute atomic E-state index is 0.210. The molecule has 0 bridgehead atoms. The van der Waals surface area contributed by atoms with Crippen LogP contribution in [-0.4, -0.2) is 0 Å². The second-order valence-electron chi connectivity index (χ2n) is 6.26. The van der Waals surface area contributed by atoms with Crippen molar-refractivity contribution in [2.24, 2.45) is 5.41 Å². The molecule has 0 unspecified atom stereocenters. The van der Waals surface area contributed by atoms with E-state index in [0.717, 1.165) is 8.95 Å². The van der Waals surface area contributed by atoms with Crippen LogP contribution in [0.15, 0.2) is 45.3 Å². The number of rotatable bonds is 0. The van der Waals surface area contributed by atoms with Gasteiger partial charge in [0.05, 0.1) is 0 Å². The molecule has 0 radical (unpaired) electrons. The fourth-order valence-electron chi connectivity index (χ4n) is 3.14. The third-order valence-electron chi connectivity index (χ3n) is 3.81. The van der Waals surface area contributed by atoms with Crippen molar-refractivity contribution in [2.75, 3.05) is 0 Å². The molecule has 0 fully saturated rings. The minimum atomic E-state index is 0.210. The second kappa shape index (κ2) is 4.46. The highest BCUT2D eigenvalue weighted by molar-refractivity contribution is 9.10. The first-order valence-corrected chi connectivity index (χ1v) is 8.06. The average Bonchev–Trinajstić information content (AvgIpc) is 2.60. The van der Waals surface area contributed by atoms with Crippen molar-refractivity contribution in [2.45, 2.75) is 26.7 Å². The minimum Gasteiger partial charge on any atom is -0.0593 e. The van der Waals surface area contributed by atoms with Crippen LogP contribution in [-0.2, 0) is 0 Å². The summed E-state index contributed by atoms with van der Waals surface area (Å²) in [5.41, 5.74) is 5.85. The molecule has 2 heteroatoms. The van der Waals surface area contributed by atoms with Crippen LogP contribution in [0.4, 0.5) is 0 Å². The lowest BCUT2D eigenvalue weighted by Gasteiger charge is -2.29. The van der Waals surface area contributed by atoms with Crippen molar-refractivity contribution in [3.63, 3.8) is 0 Å². The smallest absolute Gasteiger partial charge is 0.0178 e. The number of hydrogen-bond donors (Lipinski definition) is 0. The van der Waals surface area contributed by atoms with Crippen LogP contribution >= 0.6 is 31.9 Å². The molecule has 1 aliphatic carbocycles. The zero-order valence-electron chi connectivity index (χ0n) is 11.3. The summed E-state index contributed by atoms with van der Waals surface area (Å²) in [6.45, 7) is 6.95. The predicted molar refractivity (Wildman–Crippen MR) is 88.6 cm³/mol. The molecule has 0 saturated carbocycles. The first kappa shape index (κ1) is 13.4. The van der Waals surface area contributed by atoms with E-state index in [9.17, 15) is 0 Å². The zero-order valence-corrected chi connectivity index (χ0v) is 14.5. The molecule has 0 heterocycles. The van der Waals surface area contributed by atoms with Gasteiger partial charge in [-0.25, -0.2) is 0 Å². The van der Waals surface area contributed by atoms with E-state index in [1.54, 1.807) is 0 Å². The molecule has 2 aromatic rings. The quantitative estimate of drug-likeness (QED) is 0.498. The molecule has 0 amide bonds. The maximum absolute atomic E-state index is 3.61. The van der Waals surface area contributed by atoms with Crippen LogP contribution in [0.25, 0.3) is 11.1 Å². The van der Waals surface area contributed by atoms with E-state index >= 15 is 0 Å². The molecule has 98 valence electrons. The molecule has 0 nitrogen and oxygen atoms in total. The monoisotopic (exact) mass is 378 g/mol. The van der Waals surface area contributed by atoms with E-state index in [-0.39, 0.29) is 5.41 Å². The third kappa shape index (κ3) is 2.19. The van der Waals surface area contributed by atoms with Crippen LogP contribution in [0.2, 0.25) is 0 Å². The lowest BCUT2D eigenvalue weighted by Crippen LogP contribution is -2.17. The largest absolute Gasteiger partial charge is 0.0593 e. The van der Waals surface area contributed by atoms with E-state index in [0.29, 0.717) is 5.92 Å². The van der Waals surface area contributed by atoms with Crippen molar-refractivity contribution < 1.29 is 0 Å². The lowest BCUT2D eigenvalue weighted by molar-refractivity contribution is 0.363. The molecule has 0 aromatic heterocycles. The topological polar surface area (TPSA) is 0 Å². The van der Waals surface area contributed by atoms with Gasteiger partial charge in [0.2, 0.25) is 0 Å². The number of halogens is 2. The van der Waals surface area contributed by atoms with Gasteiger partial charge in [-0.1, -0.05) is 64.8 Å². The van der Waals surface area contributed by atoms with E-state index in [1.807, 2.05) is 0 Å². The number of hydrogen-bond acceptors (Lipinski definition) is 0. The van der Waals surface area contributed by atoms with Gasteiger partial charge in [0, 0.05) is 14.9 Å². The van der Waals surface area contributed by atoms with Crippen molar-refractivity contribution in [1.82, 2.24) is 0 Å². The summed E-state index contributed by atoms with van der Waals surface area (Å²) >= 11 is 7.22. The Hall–Kier alpha value is -0.600. The van der Waals surface area contributed by atoms with Crippen LogP contribution in [0.3, 0.4) is 0 Å². The Morgan fingerprint density at radius 2 is 1.21 bits per heavy atom. The summed E-state index contributed by atoms with van der Waals surface area (Å²) < 4.78 is 2.32. The molecule has 1 aliphatic rings. The first-order chi connectivity index (χ1) is 8.88. The molecule has 0 saturated heterocycles. The van der Waals surface area contributed by atoms with Crippen LogP contribution in [0, 0.1) is 5.41 Å². The van der Waals surface area contributed by atoms with Gasteiger partial charge in [-0.3, -0.25) is 0 Å². The summed E-state index contributed by atoms with van der Waals surface area (Å²) in [7, 11) is 0. The Morgan fingerprint density at radius 3 is 1.58 bits per heavy atom. The van der Waals surface area contributed by atoms with E-state index in [2.05, 4.69) is 89.0 Å². The van der Waals surface area contributed by atoms with Gasteiger partial charge in [0.15, 0.2) is 0 Å². The molecular formula is C17H16Br2. The van der Waals surface area contributed by atoms with Gasteiger partial charge < -0.3 is 0 Å². The van der Waals surface area contributed by atoms with Gasteiger partial charge >= 0.3 is 0 Å². The van der Waals surface area contributed by atoms with Gasteiger partial charge in [-0.15, -0.1) is 0 Å². The highest BCUT2D eigenvalue weighted by atomic mass is 79.9. The predicted octanol–water partition coefficient (Wildman–Crippen LogP) is 6.37. The Bertz CT molecular complexity index is 599. The number of fused-ring (bicyclic) bond motifs is 3. The Balaban J connectivity index is 2.32. The molecule has 0 aliphatic heterocycles. The van der Waals surface area contributed by atoms with E-state index < -0.39 is 0 Å². The summed E-state index contributed by atoms with van der Waals surface area (Å²) in [6.07, 6.45) is 0.